The highest BCUT2D eigenvalue weighted by Gasteiger charge is 2.07. The van der Waals surface area contributed by atoms with Gasteiger partial charge in [0, 0.05) is 57.4 Å². The van der Waals surface area contributed by atoms with Gasteiger partial charge in [-0.3, -0.25) is 0 Å². The number of aromatic nitrogens is 4. The molecule has 0 unspecified atom stereocenters. The summed E-state index contributed by atoms with van der Waals surface area (Å²) in [6.45, 7) is 12.1. The summed E-state index contributed by atoms with van der Waals surface area (Å²) in [5.41, 5.74) is 2.14. The van der Waals surface area contributed by atoms with E-state index in [1.807, 2.05) is 24.8 Å². The molecule has 0 radical (unpaired) electrons. The summed E-state index contributed by atoms with van der Waals surface area (Å²) in [7, 11) is 0. The molecule has 0 bridgehead atoms. The fourth-order valence-electron chi connectivity index (χ4n) is 2.45. The Hall–Kier alpha value is -2.24. The Morgan fingerprint density at radius 2 is 0.913 bits per heavy atom. The monoisotopic (exact) mass is 314 g/mol. The minimum absolute atomic E-state index is 0.747. The maximum absolute atomic E-state index is 4.45. The molecule has 124 valence electrons. The molecule has 0 aromatic carbocycles. The van der Waals surface area contributed by atoms with Gasteiger partial charge in [-0.25, -0.2) is 19.9 Å². The van der Waals surface area contributed by atoms with Crippen LogP contribution in [-0.2, 0) is 6.42 Å². The second-order valence-electron chi connectivity index (χ2n) is 5.30. The first kappa shape index (κ1) is 17.1. The third kappa shape index (κ3) is 4.37. The Kier molecular flexibility index (Phi) is 6.26. The first-order chi connectivity index (χ1) is 11.2. The molecule has 6 heteroatoms. The second-order valence-corrected chi connectivity index (χ2v) is 5.30. The van der Waals surface area contributed by atoms with Crippen molar-refractivity contribution in [3.05, 3.63) is 35.9 Å². The molecule has 2 rings (SSSR count). The first-order valence-electron chi connectivity index (χ1n) is 8.33. The summed E-state index contributed by atoms with van der Waals surface area (Å²) in [4.78, 5) is 22.1. The molecule has 2 heterocycles. The van der Waals surface area contributed by atoms with Crippen LogP contribution in [0.1, 0.15) is 38.8 Å². The Labute approximate surface area is 138 Å². The van der Waals surface area contributed by atoms with E-state index in [9.17, 15) is 0 Å². The van der Waals surface area contributed by atoms with Gasteiger partial charge in [0.1, 0.15) is 0 Å². The Morgan fingerprint density at radius 3 is 1.17 bits per heavy atom. The lowest BCUT2D eigenvalue weighted by Gasteiger charge is -2.18. The smallest absolute Gasteiger partial charge is 0.225 e. The van der Waals surface area contributed by atoms with Crippen LogP contribution >= 0.6 is 0 Å². The predicted octanol–water partition coefficient (Wildman–Crippen LogP) is 2.55. The molecule has 2 aromatic heterocycles. The highest BCUT2D eigenvalue weighted by atomic mass is 15.2. The van der Waals surface area contributed by atoms with Crippen molar-refractivity contribution in [1.29, 1.82) is 0 Å². The van der Waals surface area contributed by atoms with Crippen molar-refractivity contribution >= 4 is 11.9 Å². The SMILES string of the molecule is CCN(CC)c1ncc(Cc2cnc(N(CC)CC)nc2)cn1. The maximum Gasteiger partial charge on any atom is 0.225 e. The lowest BCUT2D eigenvalue weighted by Crippen LogP contribution is -2.24. The zero-order chi connectivity index (χ0) is 16.7. The van der Waals surface area contributed by atoms with Crippen LogP contribution in [0.15, 0.2) is 24.8 Å². The third-order valence-electron chi connectivity index (χ3n) is 3.88. The molecule has 0 fully saturated rings. The Bertz CT molecular complexity index is 520. The van der Waals surface area contributed by atoms with Gasteiger partial charge in [0.15, 0.2) is 0 Å². The van der Waals surface area contributed by atoms with Crippen molar-refractivity contribution in [1.82, 2.24) is 19.9 Å². The van der Waals surface area contributed by atoms with Gasteiger partial charge in [0.25, 0.3) is 0 Å². The standard InChI is InChI=1S/C17H26N6/c1-5-22(6-2)16-18-10-14(11-19-16)9-15-12-20-17(21-13-15)23(7-3)8-4/h10-13H,5-9H2,1-4H3. The zero-order valence-electron chi connectivity index (χ0n) is 14.5. The minimum atomic E-state index is 0.747. The fraction of sp³-hybridized carbons (Fsp3) is 0.529. The summed E-state index contributed by atoms with van der Waals surface area (Å²) in [6, 6.07) is 0. The lowest BCUT2D eigenvalue weighted by atomic mass is 10.1. The molecule has 0 N–H and O–H groups in total. The van der Waals surface area contributed by atoms with Crippen LogP contribution in [0.5, 0.6) is 0 Å². The molecular formula is C17H26N6. The van der Waals surface area contributed by atoms with Crippen LogP contribution in [0.2, 0.25) is 0 Å². The summed E-state index contributed by atoms with van der Waals surface area (Å²) >= 11 is 0. The Balaban J connectivity index is 2.04. The molecular weight excluding hydrogens is 288 g/mol. The van der Waals surface area contributed by atoms with Crippen molar-refractivity contribution < 1.29 is 0 Å². The average molecular weight is 314 g/mol. The van der Waals surface area contributed by atoms with Gasteiger partial charge in [0.05, 0.1) is 0 Å². The third-order valence-corrected chi connectivity index (χ3v) is 3.88. The molecule has 0 amide bonds. The van der Waals surface area contributed by atoms with E-state index in [1.165, 1.54) is 0 Å². The van der Waals surface area contributed by atoms with Crippen LogP contribution < -0.4 is 9.80 Å². The molecule has 0 atom stereocenters. The van der Waals surface area contributed by atoms with Gasteiger partial charge in [-0.15, -0.1) is 0 Å². The van der Waals surface area contributed by atoms with E-state index in [4.69, 9.17) is 0 Å². The Morgan fingerprint density at radius 1 is 0.609 bits per heavy atom. The van der Waals surface area contributed by atoms with Crippen LogP contribution in [0.4, 0.5) is 11.9 Å². The molecule has 0 aliphatic carbocycles. The molecule has 0 spiro atoms. The van der Waals surface area contributed by atoms with Crippen molar-refractivity contribution in [2.45, 2.75) is 34.1 Å². The number of nitrogens with zero attached hydrogens (tertiary/aromatic N) is 6. The maximum atomic E-state index is 4.45. The van der Waals surface area contributed by atoms with Crippen LogP contribution in [0, 0.1) is 0 Å². The number of rotatable bonds is 8. The van der Waals surface area contributed by atoms with E-state index >= 15 is 0 Å². The van der Waals surface area contributed by atoms with Crippen LogP contribution in [-0.4, -0.2) is 46.1 Å². The highest BCUT2D eigenvalue weighted by Crippen LogP contribution is 2.12. The molecule has 6 nitrogen and oxygen atoms in total. The number of anilines is 2. The summed E-state index contributed by atoms with van der Waals surface area (Å²) < 4.78 is 0. The lowest BCUT2D eigenvalue weighted by molar-refractivity contribution is 0.813. The molecule has 0 aliphatic heterocycles. The van der Waals surface area contributed by atoms with E-state index < -0.39 is 0 Å². The fourth-order valence-corrected chi connectivity index (χ4v) is 2.45. The predicted molar refractivity (Wildman–Crippen MR) is 94.0 cm³/mol. The van der Waals surface area contributed by atoms with E-state index in [0.717, 1.165) is 55.6 Å². The zero-order valence-corrected chi connectivity index (χ0v) is 14.5. The molecule has 2 aromatic rings. The van der Waals surface area contributed by atoms with E-state index in [1.54, 1.807) is 0 Å². The number of hydrogen-bond donors (Lipinski definition) is 0. The van der Waals surface area contributed by atoms with Crippen LogP contribution in [0.25, 0.3) is 0 Å². The van der Waals surface area contributed by atoms with Gasteiger partial charge >= 0.3 is 0 Å². The average Bonchev–Trinajstić information content (AvgIpc) is 2.60. The molecule has 0 aliphatic rings. The molecule has 0 saturated heterocycles. The van der Waals surface area contributed by atoms with E-state index in [-0.39, 0.29) is 0 Å². The summed E-state index contributed by atoms with van der Waals surface area (Å²) in [5.74, 6) is 1.57. The van der Waals surface area contributed by atoms with Crippen LogP contribution in [0.3, 0.4) is 0 Å². The van der Waals surface area contributed by atoms with E-state index in [0.29, 0.717) is 0 Å². The highest BCUT2D eigenvalue weighted by molar-refractivity contribution is 5.32. The first-order valence-corrected chi connectivity index (χ1v) is 8.33. The largest absolute Gasteiger partial charge is 0.341 e. The topological polar surface area (TPSA) is 58.0 Å². The van der Waals surface area contributed by atoms with E-state index in [2.05, 4.69) is 57.4 Å². The van der Waals surface area contributed by atoms with Gasteiger partial charge in [0.2, 0.25) is 11.9 Å². The van der Waals surface area contributed by atoms with Crippen molar-refractivity contribution in [2.24, 2.45) is 0 Å². The molecule has 0 saturated carbocycles. The van der Waals surface area contributed by atoms with Crippen molar-refractivity contribution in [2.75, 3.05) is 36.0 Å². The van der Waals surface area contributed by atoms with Crippen molar-refractivity contribution in [3.8, 4) is 0 Å². The van der Waals surface area contributed by atoms with Crippen molar-refractivity contribution in [3.63, 3.8) is 0 Å². The normalized spacial score (nSPS) is 10.6. The minimum Gasteiger partial charge on any atom is -0.341 e. The second kappa shape index (κ2) is 8.41. The number of hydrogen-bond acceptors (Lipinski definition) is 6. The summed E-state index contributed by atoms with van der Waals surface area (Å²) in [5, 5.41) is 0. The van der Waals surface area contributed by atoms with Gasteiger partial charge in [-0.2, -0.15) is 0 Å². The summed E-state index contributed by atoms with van der Waals surface area (Å²) in [6.07, 6.45) is 8.30. The van der Waals surface area contributed by atoms with Gasteiger partial charge in [-0.1, -0.05) is 0 Å². The van der Waals surface area contributed by atoms with Gasteiger partial charge < -0.3 is 9.80 Å². The molecule has 23 heavy (non-hydrogen) atoms. The quantitative estimate of drug-likeness (QED) is 0.746. The van der Waals surface area contributed by atoms with Gasteiger partial charge in [-0.05, 0) is 38.8 Å².